The molecule has 0 saturated carbocycles. The summed E-state index contributed by atoms with van der Waals surface area (Å²) in [5, 5.41) is 15.6. The van der Waals surface area contributed by atoms with Gasteiger partial charge in [-0.1, -0.05) is 6.08 Å². The minimum absolute atomic E-state index is 0.628. The second-order valence-corrected chi connectivity index (χ2v) is 3.48. The van der Waals surface area contributed by atoms with Gasteiger partial charge in [0.1, 0.15) is 6.07 Å². The van der Waals surface area contributed by atoms with E-state index in [1.807, 2.05) is 24.4 Å². The average Bonchev–Trinajstić information content (AvgIpc) is 2.31. The van der Waals surface area contributed by atoms with Gasteiger partial charge in [-0.25, -0.2) is 0 Å². The minimum atomic E-state index is -0.628. The van der Waals surface area contributed by atoms with Gasteiger partial charge in [0.05, 0.1) is 0 Å². The van der Waals surface area contributed by atoms with E-state index in [1.165, 1.54) is 0 Å². The Labute approximate surface area is 83.9 Å². The van der Waals surface area contributed by atoms with Gasteiger partial charge in [0.25, 0.3) is 0 Å². The Morgan fingerprint density at radius 2 is 2.07 bits per heavy atom. The molecule has 0 aliphatic carbocycles. The molecule has 14 heavy (non-hydrogen) atoms. The van der Waals surface area contributed by atoms with Gasteiger partial charge in [0.15, 0.2) is 5.66 Å². The van der Waals surface area contributed by atoms with Crippen LogP contribution in [0.5, 0.6) is 0 Å². The van der Waals surface area contributed by atoms with Crippen molar-refractivity contribution in [2.45, 2.75) is 5.66 Å². The molecule has 74 valence electrons. The van der Waals surface area contributed by atoms with Crippen molar-refractivity contribution in [2.24, 2.45) is 0 Å². The molecule has 2 heterocycles. The van der Waals surface area contributed by atoms with Crippen molar-refractivity contribution in [3.63, 3.8) is 0 Å². The Hall–Kier alpha value is -1.31. The summed E-state index contributed by atoms with van der Waals surface area (Å²) >= 11 is 0. The van der Waals surface area contributed by atoms with Crippen molar-refractivity contribution in [3.05, 3.63) is 24.4 Å². The van der Waals surface area contributed by atoms with Gasteiger partial charge in [-0.15, -0.1) is 0 Å². The van der Waals surface area contributed by atoms with Gasteiger partial charge in [-0.05, 0) is 18.4 Å². The molecule has 4 nitrogen and oxygen atoms in total. The number of allylic oxidation sites excluding steroid dienone is 2. The van der Waals surface area contributed by atoms with Crippen LogP contribution >= 0.6 is 0 Å². The fourth-order valence-corrected chi connectivity index (χ4v) is 1.83. The molecular weight excluding hydrogens is 176 g/mol. The Balaban J connectivity index is 2.15. The van der Waals surface area contributed by atoms with Crippen LogP contribution < -0.4 is 10.6 Å². The maximum Gasteiger partial charge on any atom is 0.200 e. The Kier molecular flexibility index (Phi) is 2.53. The lowest BCUT2D eigenvalue weighted by molar-refractivity contribution is 0.137. The first-order valence-electron chi connectivity index (χ1n) is 4.86. The van der Waals surface area contributed by atoms with Gasteiger partial charge in [-0.3, -0.25) is 4.90 Å². The van der Waals surface area contributed by atoms with Crippen LogP contribution in [-0.2, 0) is 0 Å². The second kappa shape index (κ2) is 3.82. The summed E-state index contributed by atoms with van der Waals surface area (Å²) < 4.78 is 0. The predicted molar refractivity (Wildman–Crippen MR) is 54.2 cm³/mol. The molecule has 1 unspecified atom stereocenters. The van der Waals surface area contributed by atoms with Crippen LogP contribution in [0, 0.1) is 11.3 Å². The highest BCUT2D eigenvalue weighted by molar-refractivity contribution is 5.27. The molecule has 1 atom stereocenters. The summed E-state index contributed by atoms with van der Waals surface area (Å²) in [4.78, 5) is 2.16. The first-order chi connectivity index (χ1) is 6.87. The van der Waals surface area contributed by atoms with Gasteiger partial charge >= 0.3 is 0 Å². The third-order valence-electron chi connectivity index (χ3n) is 2.63. The Morgan fingerprint density at radius 3 is 2.64 bits per heavy atom. The van der Waals surface area contributed by atoms with E-state index >= 15 is 0 Å². The summed E-state index contributed by atoms with van der Waals surface area (Å²) in [5.74, 6) is 0. The summed E-state index contributed by atoms with van der Waals surface area (Å²) in [7, 11) is 0. The van der Waals surface area contributed by atoms with Gasteiger partial charge < -0.3 is 10.6 Å². The molecule has 2 aliphatic heterocycles. The van der Waals surface area contributed by atoms with Crippen molar-refractivity contribution in [1.82, 2.24) is 15.5 Å². The molecular formula is C10H14N4. The number of nitrogens with one attached hydrogen (secondary N) is 2. The molecule has 0 bridgehead atoms. The quantitative estimate of drug-likeness (QED) is 0.600. The molecule has 0 radical (unpaired) electrons. The van der Waals surface area contributed by atoms with Gasteiger partial charge in [-0.2, -0.15) is 5.26 Å². The van der Waals surface area contributed by atoms with Crippen molar-refractivity contribution < 1.29 is 0 Å². The molecule has 2 N–H and O–H groups in total. The first-order valence-corrected chi connectivity index (χ1v) is 4.86. The molecule has 2 rings (SSSR count). The van der Waals surface area contributed by atoms with Crippen LogP contribution in [0.2, 0.25) is 0 Å². The van der Waals surface area contributed by atoms with Crippen molar-refractivity contribution in [1.29, 1.82) is 5.26 Å². The zero-order valence-corrected chi connectivity index (χ0v) is 8.03. The van der Waals surface area contributed by atoms with Crippen LogP contribution in [0.25, 0.3) is 0 Å². The number of nitrogens with zero attached hydrogens (tertiary/aromatic N) is 2. The first kappa shape index (κ1) is 9.25. The van der Waals surface area contributed by atoms with E-state index in [0.29, 0.717) is 0 Å². The van der Waals surface area contributed by atoms with Crippen LogP contribution in [0.1, 0.15) is 0 Å². The van der Waals surface area contributed by atoms with Crippen LogP contribution in [0.15, 0.2) is 24.4 Å². The molecule has 0 aromatic heterocycles. The number of rotatable bonds is 1. The standard InChI is InChI=1S/C10H14N4/c11-9-10(3-1-2-4-13-10)14-7-5-12-6-8-14/h1-4,12-13H,5-8H2. The lowest BCUT2D eigenvalue weighted by Gasteiger charge is -2.40. The van der Waals surface area contributed by atoms with Crippen molar-refractivity contribution >= 4 is 0 Å². The molecule has 1 saturated heterocycles. The normalized spacial score (nSPS) is 32.2. The van der Waals surface area contributed by atoms with Crippen molar-refractivity contribution in [2.75, 3.05) is 26.2 Å². The maximum atomic E-state index is 9.23. The minimum Gasteiger partial charge on any atom is -0.358 e. The predicted octanol–water partition coefficient (Wildman–Crippen LogP) is -0.215. The molecule has 0 aromatic carbocycles. The Morgan fingerprint density at radius 1 is 1.29 bits per heavy atom. The van der Waals surface area contributed by atoms with E-state index in [2.05, 4.69) is 21.6 Å². The highest BCUT2D eigenvalue weighted by Crippen LogP contribution is 2.16. The lowest BCUT2D eigenvalue weighted by atomic mass is 10.1. The number of piperazine rings is 1. The highest BCUT2D eigenvalue weighted by Gasteiger charge is 2.34. The van der Waals surface area contributed by atoms with E-state index in [9.17, 15) is 5.26 Å². The summed E-state index contributed by atoms with van der Waals surface area (Å²) in [6.07, 6.45) is 7.56. The number of dihydropyridines is 1. The maximum absolute atomic E-state index is 9.23. The largest absolute Gasteiger partial charge is 0.358 e. The number of hydrogen-bond acceptors (Lipinski definition) is 4. The fraction of sp³-hybridized carbons (Fsp3) is 0.500. The summed E-state index contributed by atoms with van der Waals surface area (Å²) in [6, 6.07) is 2.34. The van der Waals surface area contributed by atoms with Crippen LogP contribution in [-0.4, -0.2) is 36.7 Å². The fourth-order valence-electron chi connectivity index (χ4n) is 1.83. The lowest BCUT2D eigenvalue weighted by Crippen LogP contribution is -2.60. The van der Waals surface area contributed by atoms with E-state index in [-0.39, 0.29) is 0 Å². The topological polar surface area (TPSA) is 51.1 Å². The van der Waals surface area contributed by atoms with E-state index < -0.39 is 5.66 Å². The number of nitriles is 1. The monoisotopic (exact) mass is 190 g/mol. The van der Waals surface area contributed by atoms with Crippen LogP contribution in [0.3, 0.4) is 0 Å². The summed E-state index contributed by atoms with van der Waals surface area (Å²) in [5.41, 5.74) is -0.628. The smallest absolute Gasteiger partial charge is 0.200 e. The zero-order chi connectivity index (χ0) is 9.86. The van der Waals surface area contributed by atoms with Crippen molar-refractivity contribution in [3.8, 4) is 6.07 Å². The van der Waals surface area contributed by atoms with Gasteiger partial charge in [0, 0.05) is 26.2 Å². The molecule has 0 aromatic rings. The molecule has 1 fully saturated rings. The third-order valence-corrected chi connectivity index (χ3v) is 2.63. The molecule has 0 amide bonds. The summed E-state index contributed by atoms with van der Waals surface area (Å²) in [6.45, 7) is 3.70. The SMILES string of the molecule is N#CC1(N2CCNCC2)C=CC=CN1. The van der Waals surface area contributed by atoms with E-state index in [1.54, 1.807) is 0 Å². The highest BCUT2D eigenvalue weighted by atomic mass is 15.3. The second-order valence-electron chi connectivity index (χ2n) is 3.48. The average molecular weight is 190 g/mol. The third kappa shape index (κ3) is 1.52. The molecule has 4 heteroatoms. The van der Waals surface area contributed by atoms with Gasteiger partial charge in [0.2, 0.25) is 0 Å². The van der Waals surface area contributed by atoms with Crippen LogP contribution in [0.4, 0.5) is 0 Å². The number of hydrogen-bond donors (Lipinski definition) is 2. The van der Waals surface area contributed by atoms with E-state index in [4.69, 9.17) is 0 Å². The van der Waals surface area contributed by atoms with E-state index in [0.717, 1.165) is 26.2 Å². The zero-order valence-electron chi connectivity index (χ0n) is 8.03. The molecule has 2 aliphatic rings. The molecule has 0 spiro atoms. The Bertz CT molecular complexity index is 296.